The molecule has 2 N–H and O–H groups in total. The minimum Gasteiger partial charge on any atom is -0.355 e. The van der Waals surface area contributed by atoms with Gasteiger partial charge in [0.25, 0.3) is 0 Å². The molecule has 3 aromatic rings. The molecule has 0 bridgehead atoms. The van der Waals surface area contributed by atoms with Crippen molar-refractivity contribution in [3.8, 4) is 0 Å². The summed E-state index contributed by atoms with van der Waals surface area (Å²) in [6, 6.07) is 10.3. The van der Waals surface area contributed by atoms with Gasteiger partial charge in [-0.1, -0.05) is 29.3 Å². The standard InChI is InChI=1S/C23H26Cl2N6/c24-15-4-3-11-26-20(15)16-5-1-6-17(28-16)21-22(25)31-18(29-21)7-2-8-19(31)30-13-12-27-23(14-30)9-10-23/h2-4,7-8,11,16-17,27-28H,1,5-6,9-10,12-14H2. The molecule has 2 saturated heterocycles. The number of nitrogens with one attached hydrogen (secondary N) is 2. The van der Waals surface area contributed by atoms with Crippen LogP contribution < -0.4 is 15.5 Å². The molecule has 31 heavy (non-hydrogen) atoms. The average molecular weight is 457 g/mol. The summed E-state index contributed by atoms with van der Waals surface area (Å²) in [7, 11) is 0. The molecule has 162 valence electrons. The Bertz CT molecular complexity index is 1120. The van der Waals surface area contributed by atoms with Crippen molar-refractivity contribution in [3.63, 3.8) is 0 Å². The van der Waals surface area contributed by atoms with E-state index in [2.05, 4.69) is 37.1 Å². The molecule has 0 amide bonds. The maximum absolute atomic E-state index is 7.00. The number of piperazine rings is 1. The van der Waals surface area contributed by atoms with Crippen molar-refractivity contribution >= 4 is 34.7 Å². The van der Waals surface area contributed by atoms with Gasteiger partial charge in [0.05, 0.1) is 28.5 Å². The monoisotopic (exact) mass is 456 g/mol. The van der Waals surface area contributed by atoms with Crippen molar-refractivity contribution in [1.82, 2.24) is 25.0 Å². The number of pyridine rings is 2. The van der Waals surface area contributed by atoms with E-state index in [4.69, 9.17) is 28.2 Å². The Labute approximate surface area is 192 Å². The van der Waals surface area contributed by atoms with Crippen LogP contribution in [-0.2, 0) is 0 Å². The minimum atomic E-state index is 0.0786. The van der Waals surface area contributed by atoms with E-state index in [1.54, 1.807) is 6.20 Å². The quantitative estimate of drug-likeness (QED) is 0.605. The van der Waals surface area contributed by atoms with Crippen molar-refractivity contribution < 1.29 is 0 Å². The Morgan fingerprint density at radius 3 is 2.68 bits per heavy atom. The van der Waals surface area contributed by atoms with Crippen LogP contribution in [0.3, 0.4) is 0 Å². The van der Waals surface area contributed by atoms with E-state index in [0.717, 1.165) is 61.7 Å². The zero-order valence-corrected chi connectivity index (χ0v) is 18.8. The lowest BCUT2D eigenvalue weighted by Crippen LogP contribution is -2.53. The lowest BCUT2D eigenvalue weighted by molar-refractivity contribution is 0.322. The Kier molecular flexibility index (Phi) is 4.87. The summed E-state index contributed by atoms with van der Waals surface area (Å²) in [5.41, 5.74) is 3.03. The summed E-state index contributed by atoms with van der Waals surface area (Å²) < 4.78 is 2.12. The number of hydrogen-bond donors (Lipinski definition) is 2. The largest absolute Gasteiger partial charge is 0.355 e. The predicted octanol–water partition coefficient (Wildman–Crippen LogP) is 4.53. The molecule has 3 fully saturated rings. The van der Waals surface area contributed by atoms with Crippen LogP contribution in [0.1, 0.15) is 55.6 Å². The molecule has 2 atom stereocenters. The number of halogens is 2. The molecule has 1 aliphatic carbocycles. The second-order valence-electron chi connectivity index (χ2n) is 9.07. The van der Waals surface area contributed by atoms with Gasteiger partial charge in [-0.3, -0.25) is 9.38 Å². The Hall–Kier alpha value is -1.86. The molecule has 2 aliphatic heterocycles. The zero-order chi connectivity index (χ0) is 21.0. The first-order valence-corrected chi connectivity index (χ1v) is 11.9. The van der Waals surface area contributed by atoms with Crippen LogP contribution in [0, 0.1) is 0 Å². The number of rotatable bonds is 3. The summed E-state index contributed by atoms with van der Waals surface area (Å²) in [6.07, 6.45) is 7.39. The van der Waals surface area contributed by atoms with Crippen LogP contribution in [-0.4, -0.2) is 39.5 Å². The van der Waals surface area contributed by atoms with E-state index in [9.17, 15) is 0 Å². The molecule has 8 heteroatoms. The molecule has 1 saturated carbocycles. The predicted molar refractivity (Wildman–Crippen MR) is 124 cm³/mol. The second kappa shape index (κ2) is 7.62. The summed E-state index contributed by atoms with van der Waals surface area (Å²) in [5, 5.41) is 8.82. The van der Waals surface area contributed by atoms with E-state index in [-0.39, 0.29) is 12.1 Å². The van der Waals surface area contributed by atoms with E-state index < -0.39 is 0 Å². The number of piperidine rings is 1. The van der Waals surface area contributed by atoms with Crippen LogP contribution in [0.5, 0.6) is 0 Å². The molecule has 0 radical (unpaired) electrons. The highest BCUT2D eigenvalue weighted by Crippen LogP contribution is 2.40. The van der Waals surface area contributed by atoms with Gasteiger partial charge in [-0.15, -0.1) is 0 Å². The third-order valence-electron chi connectivity index (χ3n) is 6.98. The third kappa shape index (κ3) is 3.50. The zero-order valence-electron chi connectivity index (χ0n) is 17.3. The van der Waals surface area contributed by atoms with Crippen molar-refractivity contribution in [2.24, 2.45) is 0 Å². The molecule has 5 heterocycles. The van der Waals surface area contributed by atoms with E-state index in [1.807, 2.05) is 18.2 Å². The maximum atomic E-state index is 7.00. The highest BCUT2D eigenvalue weighted by molar-refractivity contribution is 6.31. The van der Waals surface area contributed by atoms with E-state index in [1.165, 1.54) is 12.8 Å². The number of nitrogens with zero attached hydrogens (tertiary/aromatic N) is 4. The van der Waals surface area contributed by atoms with Crippen LogP contribution in [0.15, 0.2) is 36.5 Å². The van der Waals surface area contributed by atoms with Crippen molar-refractivity contribution in [3.05, 3.63) is 58.1 Å². The Morgan fingerprint density at radius 1 is 1.03 bits per heavy atom. The fraction of sp³-hybridized carbons (Fsp3) is 0.478. The van der Waals surface area contributed by atoms with Crippen LogP contribution in [0.2, 0.25) is 10.2 Å². The van der Waals surface area contributed by atoms with Crippen LogP contribution in [0.25, 0.3) is 5.65 Å². The SMILES string of the molecule is Clc1cccnc1C1CCCC(c2nc3cccc(N4CCNC5(CC5)C4)n3c2Cl)N1. The van der Waals surface area contributed by atoms with Crippen molar-refractivity contribution in [2.75, 3.05) is 24.5 Å². The van der Waals surface area contributed by atoms with Gasteiger partial charge in [0.15, 0.2) is 0 Å². The van der Waals surface area contributed by atoms with Gasteiger partial charge in [-0.05, 0) is 56.4 Å². The summed E-state index contributed by atoms with van der Waals surface area (Å²) in [5.74, 6) is 1.13. The van der Waals surface area contributed by atoms with Gasteiger partial charge in [0.1, 0.15) is 16.6 Å². The normalized spacial score (nSPS) is 25.3. The highest BCUT2D eigenvalue weighted by Gasteiger charge is 2.46. The molecular weight excluding hydrogens is 431 g/mol. The third-order valence-corrected chi connectivity index (χ3v) is 7.66. The number of anilines is 1. The molecule has 6 rings (SSSR count). The van der Waals surface area contributed by atoms with E-state index >= 15 is 0 Å². The molecule has 6 nitrogen and oxygen atoms in total. The van der Waals surface area contributed by atoms with Gasteiger partial charge in [0, 0.05) is 31.4 Å². The second-order valence-corrected chi connectivity index (χ2v) is 9.83. The molecular formula is C23H26Cl2N6. The number of aromatic nitrogens is 3. The number of imidazole rings is 1. The lowest BCUT2D eigenvalue weighted by atomic mass is 9.94. The van der Waals surface area contributed by atoms with Crippen molar-refractivity contribution in [1.29, 1.82) is 0 Å². The van der Waals surface area contributed by atoms with E-state index in [0.29, 0.717) is 15.7 Å². The topological polar surface area (TPSA) is 57.5 Å². The first kappa shape index (κ1) is 19.8. The van der Waals surface area contributed by atoms with Gasteiger partial charge in [-0.25, -0.2) is 4.98 Å². The molecule has 0 aromatic carbocycles. The number of fused-ring (bicyclic) bond motifs is 1. The molecule has 3 aliphatic rings. The van der Waals surface area contributed by atoms with Gasteiger partial charge in [0.2, 0.25) is 0 Å². The first-order chi connectivity index (χ1) is 15.1. The summed E-state index contributed by atoms with van der Waals surface area (Å²) >= 11 is 13.4. The smallest absolute Gasteiger partial charge is 0.139 e. The summed E-state index contributed by atoms with van der Waals surface area (Å²) in [6.45, 7) is 3.01. The Morgan fingerprint density at radius 2 is 1.87 bits per heavy atom. The van der Waals surface area contributed by atoms with Gasteiger partial charge >= 0.3 is 0 Å². The molecule has 2 unspecified atom stereocenters. The average Bonchev–Trinajstić information content (AvgIpc) is 3.45. The maximum Gasteiger partial charge on any atom is 0.139 e. The first-order valence-electron chi connectivity index (χ1n) is 11.2. The number of hydrogen-bond acceptors (Lipinski definition) is 5. The fourth-order valence-electron chi connectivity index (χ4n) is 5.19. The van der Waals surface area contributed by atoms with Gasteiger partial charge < -0.3 is 15.5 Å². The Balaban J connectivity index is 1.33. The fourth-order valence-corrected chi connectivity index (χ4v) is 5.79. The lowest BCUT2D eigenvalue weighted by Gasteiger charge is -2.36. The molecule has 1 spiro atoms. The molecule has 3 aromatic heterocycles. The van der Waals surface area contributed by atoms with Crippen LogP contribution in [0.4, 0.5) is 5.82 Å². The highest BCUT2D eigenvalue weighted by atomic mass is 35.5. The summed E-state index contributed by atoms with van der Waals surface area (Å²) in [4.78, 5) is 11.9. The minimum absolute atomic E-state index is 0.0786. The van der Waals surface area contributed by atoms with Crippen molar-refractivity contribution in [2.45, 2.75) is 49.7 Å². The van der Waals surface area contributed by atoms with Gasteiger partial charge in [-0.2, -0.15) is 0 Å². The van der Waals surface area contributed by atoms with Crippen LogP contribution >= 0.6 is 23.2 Å².